The van der Waals surface area contributed by atoms with E-state index in [1.807, 2.05) is 19.1 Å². The second kappa shape index (κ2) is 6.13. The van der Waals surface area contributed by atoms with Crippen molar-refractivity contribution >= 4 is 5.91 Å². The van der Waals surface area contributed by atoms with E-state index in [0.29, 0.717) is 19.0 Å². The Bertz CT molecular complexity index is 673. The summed E-state index contributed by atoms with van der Waals surface area (Å²) in [5, 5.41) is 0. The third-order valence-electron chi connectivity index (χ3n) is 3.71. The van der Waals surface area contributed by atoms with Crippen molar-refractivity contribution in [3.8, 4) is 5.88 Å². The van der Waals surface area contributed by atoms with E-state index in [1.54, 1.807) is 23.2 Å². The zero-order valence-electron chi connectivity index (χ0n) is 12.3. The second-order valence-electron chi connectivity index (χ2n) is 5.43. The Balaban J connectivity index is 1.63. The molecule has 2 aromatic rings. The van der Waals surface area contributed by atoms with E-state index >= 15 is 0 Å². The van der Waals surface area contributed by atoms with Gasteiger partial charge in [0.05, 0.1) is 12.1 Å². The zero-order chi connectivity index (χ0) is 15.5. The van der Waals surface area contributed by atoms with Gasteiger partial charge < -0.3 is 9.64 Å². The molecule has 0 N–H and O–H groups in total. The van der Waals surface area contributed by atoms with Crippen molar-refractivity contribution < 1.29 is 13.9 Å². The Morgan fingerprint density at radius 3 is 2.86 bits per heavy atom. The molecule has 4 nitrogen and oxygen atoms in total. The number of ether oxygens (including phenoxy) is 1. The van der Waals surface area contributed by atoms with Crippen molar-refractivity contribution in [2.75, 3.05) is 13.1 Å². The maximum atomic E-state index is 13.7. The van der Waals surface area contributed by atoms with Crippen LogP contribution < -0.4 is 4.74 Å². The van der Waals surface area contributed by atoms with Gasteiger partial charge in [-0.25, -0.2) is 9.37 Å². The lowest BCUT2D eigenvalue weighted by Gasteiger charge is -2.17. The van der Waals surface area contributed by atoms with Gasteiger partial charge in [0.15, 0.2) is 0 Å². The molecule has 1 unspecified atom stereocenters. The minimum atomic E-state index is -0.489. The molecule has 1 aliphatic rings. The summed E-state index contributed by atoms with van der Waals surface area (Å²) < 4.78 is 19.5. The molecule has 1 amide bonds. The molecule has 1 fully saturated rings. The average molecular weight is 300 g/mol. The molecule has 22 heavy (non-hydrogen) atoms. The van der Waals surface area contributed by atoms with E-state index in [-0.39, 0.29) is 17.6 Å². The van der Waals surface area contributed by atoms with E-state index in [2.05, 4.69) is 4.98 Å². The van der Waals surface area contributed by atoms with Gasteiger partial charge in [0.25, 0.3) is 5.91 Å². The Morgan fingerprint density at radius 2 is 2.14 bits per heavy atom. The third kappa shape index (κ3) is 3.08. The fourth-order valence-electron chi connectivity index (χ4n) is 2.51. The number of aryl methyl sites for hydroxylation is 1. The van der Waals surface area contributed by atoms with Crippen LogP contribution in [0.3, 0.4) is 0 Å². The second-order valence-corrected chi connectivity index (χ2v) is 5.43. The summed E-state index contributed by atoms with van der Waals surface area (Å²) in [4.78, 5) is 18.1. The molecular formula is C17H17FN2O2. The van der Waals surface area contributed by atoms with Gasteiger partial charge in [-0.2, -0.15) is 0 Å². The van der Waals surface area contributed by atoms with E-state index < -0.39 is 5.82 Å². The predicted molar refractivity (Wildman–Crippen MR) is 80.3 cm³/mol. The van der Waals surface area contributed by atoms with Gasteiger partial charge in [0.1, 0.15) is 11.9 Å². The quantitative estimate of drug-likeness (QED) is 0.875. The molecule has 2 heterocycles. The lowest BCUT2D eigenvalue weighted by Crippen LogP contribution is -2.31. The van der Waals surface area contributed by atoms with Gasteiger partial charge in [0.2, 0.25) is 5.88 Å². The first-order chi connectivity index (χ1) is 10.6. The van der Waals surface area contributed by atoms with Gasteiger partial charge in [-0.15, -0.1) is 0 Å². The molecule has 0 saturated carbocycles. The maximum absolute atomic E-state index is 13.7. The Morgan fingerprint density at radius 1 is 1.32 bits per heavy atom. The van der Waals surface area contributed by atoms with Crippen LogP contribution >= 0.6 is 0 Å². The van der Waals surface area contributed by atoms with E-state index in [4.69, 9.17) is 4.74 Å². The topological polar surface area (TPSA) is 42.4 Å². The summed E-state index contributed by atoms with van der Waals surface area (Å²) in [7, 11) is 0. The van der Waals surface area contributed by atoms with E-state index in [0.717, 1.165) is 12.0 Å². The number of halogens is 1. The number of benzene rings is 1. The minimum Gasteiger partial charge on any atom is -0.472 e. The monoisotopic (exact) mass is 300 g/mol. The third-order valence-corrected chi connectivity index (χ3v) is 3.71. The van der Waals surface area contributed by atoms with Crippen LogP contribution in [0.15, 0.2) is 42.6 Å². The number of carbonyl (C=O) groups excluding carboxylic acids is 1. The predicted octanol–water partition coefficient (Wildman–Crippen LogP) is 2.82. The normalized spacial score (nSPS) is 17.5. The van der Waals surface area contributed by atoms with Crippen molar-refractivity contribution in [2.45, 2.75) is 19.4 Å². The smallest absolute Gasteiger partial charge is 0.256 e. The molecule has 1 aromatic carbocycles. The van der Waals surface area contributed by atoms with Crippen LogP contribution in [0.4, 0.5) is 4.39 Å². The highest BCUT2D eigenvalue weighted by molar-refractivity contribution is 5.94. The first-order valence-corrected chi connectivity index (χ1v) is 7.26. The molecule has 114 valence electrons. The SMILES string of the molecule is Cc1ccc(OC2CCN(C(=O)c3ccccc3F)C2)nc1. The fourth-order valence-corrected chi connectivity index (χ4v) is 2.51. The summed E-state index contributed by atoms with van der Waals surface area (Å²) in [5.41, 5.74) is 1.17. The molecule has 3 rings (SSSR count). The molecule has 1 saturated heterocycles. The summed E-state index contributed by atoms with van der Waals surface area (Å²) in [6.07, 6.45) is 2.35. The Labute approximate surface area is 128 Å². The number of hydrogen-bond donors (Lipinski definition) is 0. The first-order valence-electron chi connectivity index (χ1n) is 7.26. The van der Waals surface area contributed by atoms with Crippen molar-refractivity contribution in [1.29, 1.82) is 0 Å². The molecule has 5 heteroatoms. The molecule has 0 spiro atoms. The highest BCUT2D eigenvalue weighted by atomic mass is 19.1. The number of likely N-dealkylation sites (tertiary alicyclic amines) is 1. The lowest BCUT2D eigenvalue weighted by molar-refractivity contribution is 0.0766. The highest BCUT2D eigenvalue weighted by Gasteiger charge is 2.29. The summed E-state index contributed by atoms with van der Waals surface area (Å²) in [6.45, 7) is 2.97. The number of aromatic nitrogens is 1. The maximum Gasteiger partial charge on any atom is 0.256 e. The van der Waals surface area contributed by atoms with Crippen LogP contribution in [0.1, 0.15) is 22.3 Å². The molecule has 0 bridgehead atoms. The Hall–Kier alpha value is -2.43. The van der Waals surface area contributed by atoms with Crippen LogP contribution in [0, 0.1) is 12.7 Å². The van der Waals surface area contributed by atoms with Crippen LogP contribution in [-0.2, 0) is 0 Å². The lowest BCUT2D eigenvalue weighted by atomic mass is 10.2. The minimum absolute atomic E-state index is 0.106. The largest absolute Gasteiger partial charge is 0.472 e. The molecule has 1 aromatic heterocycles. The number of pyridine rings is 1. The average Bonchev–Trinajstić information content (AvgIpc) is 2.98. The molecular weight excluding hydrogens is 283 g/mol. The summed E-state index contributed by atoms with van der Waals surface area (Å²) in [5.74, 6) is -0.228. The molecule has 1 aliphatic heterocycles. The molecule has 0 aliphatic carbocycles. The first kappa shape index (κ1) is 14.5. The molecule has 0 radical (unpaired) electrons. The zero-order valence-corrected chi connectivity index (χ0v) is 12.3. The van der Waals surface area contributed by atoms with Crippen molar-refractivity contribution in [3.63, 3.8) is 0 Å². The van der Waals surface area contributed by atoms with Crippen LogP contribution in [-0.4, -0.2) is 35.0 Å². The van der Waals surface area contributed by atoms with Crippen molar-refractivity contribution in [3.05, 3.63) is 59.5 Å². The summed E-state index contributed by atoms with van der Waals surface area (Å²) in [6, 6.07) is 9.79. The number of rotatable bonds is 3. The standard InChI is InChI=1S/C17H17FN2O2/c1-12-6-7-16(19-10-12)22-13-8-9-20(11-13)17(21)14-4-2-3-5-15(14)18/h2-7,10,13H,8-9,11H2,1H3. The van der Waals surface area contributed by atoms with E-state index in [1.165, 1.54) is 12.1 Å². The van der Waals surface area contributed by atoms with Gasteiger partial charge in [-0.1, -0.05) is 18.2 Å². The van der Waals surface area contributed by atoms with Crippen LogP contribution in [0.5, 0.6) is 5.88 Å². The number of hydrogen-bond acceptors (Lipinski definition) is 3. The Kier molecular flexibility index (Phi) is 4.04. The van der Waals surface area contributed by atoms with E-state index in [9.17, 15) is 9.18 Å². The highest BCUT2D eigenvalue weighted by Crippen LogP contribution is 2.19. The van der Waals surface area contributed by atoms with Gasteiger partial charge in [0, 0.05) is 25.2 Å². The number of amides is 1. The van der Waals surface area contributed by atoms with Crippen LogP contribution in [0.25, 0.3) is 0 Å². The number of nitrogens with zero attached hydrogens (tertiary/aromatic N) is 2. The number of carbonyl (C=O) groups is 1. The van der Waals surface area contributed by atoms with Gasteiger partial charge in [-0.05, 0) is 24.6 Å². The van der Waals surface area contributed by atoms with Crippen molar-refractivity contribution in [1.82, 2.24) is 9.88 Å². The summed E-state index contributed by atoms with van der Waals surface area (Å²) >= 11 is 0. The van der Waals surface area contributed by atoms with Crippen molar-refractivity contribution in [2.24, 2.45) is 0 Å². The van der Waals surface area contributed by atoms with Crippen LogP contribution in [0.2, 0.25) is 0 Å². The van der Waals surface area contributed by atoms with Gasteiger partial charge >= 0.3 is 0 Å². The fraction of sp³-hybridized carbons (Fsp3) is 0.294. The molecule has 1 atom stereocenters. The van der Waals surface area contributed by atoms with Gasteiger partial charge in [-0.3, -0.25) is 4.79 Å².